The molecule has 1 saturated heterocycles. The minimum absolute atomic E-state index is 0.0920. The van der Waals surface area contributed by atoms with Crippen molar-refractivity contribution in [2.75, 3.05) is 13.1 Å². The third kappa shape index (κ3) is 3.91. The maximum absolute atomic E-state index is 13.6. The van der Waals surface area contributed by atoms with Crippen LogP contribution in [-0.4, -0.2) is 38.7 Å². The highest BCUT2D eigenvalue weighted by Gasteiger charge is 2.27. The van der Waals surface area contributed by atoms with E-state index in [2.05, 4.69) is 30.3 Å². The molecular weight excluding hydrogens is 396 g/mol. The summed E-state index contributed by atoms with van der Waals surface area (Å²) in [5, 5.41) is 5.59. The highest BCUT2D eigenvalue weighted by molar-refractivity contribution is 6.06. The fourth-order valence-corrected chi connectivity index (χ4v) is 4.79. The van der Waals surface area contributed by atoms with E-state index in [0.717, 1.165) is 60.5 Å². The van der Waals surface area contributed by atoms with Crippen LogP contribution >= 0.6 is 0 Å². The maximum Gasteiger partial charge on any atom is 0.254 e. The minimum Gasteiger partial charge on any atom is -0.339 e. The van der Waals surface area contributed by atoms with Gasteiger partial charge in [-0.1, -0.05) is 48.5 Å². The molecule has 3 heterocycles. The zero-order chi connectivity index (χ0) is 22.1. The largest absolute Gasteiger partial charge is 0.339 e. The lowest BCUT2D eigenvalue weighted by Crippen LogP contribution is -2.39. The molecule has 2 aromatic carbocycles. The number of fused-ring (bicyclic) bond motifs is 1. The summed E-state index contributed by atoms with van der Waals surface area (Å²) < 4.78 is 1.85. The first-order valence-corrected chi connectivity index (χ1v) is 11.4. The number of carbonyl (C=O) groups excluding carboxylic acids is 1. The summed E-state index contributed by atoms with van der Waals surface area (Å²) in [7, 11) is 0. The molecule has 0 atom stereocenters. The topological polar surface area (TPSA) is 51.0 Å². The molecule has 162 valence electrons. The molecule has 0 saturated carbocycles. The number of likely N-dealkylation sites (tertiary alicyclic amines) is 1. The van der Waals surface area contributed by atoms with Crippen LogP contribution in [0.4, 0.5) is 0 Å². The number of hydrogen-bond donors (Lipinski definition) is 0. The highest BCUT2D eigenvalue weighted by atomic mass is 16.2. The van der Waals surface area contributed by atoms with Crippen LogP contribution in [0.5, 0.6) is 0 Å². The summed E-state index contributed by atoms with van der Waals surface area (Å²) >= 11 is 0. The third-order valence-electron chi connectivity index (χ3n) is 6.44. The molecule has 4 aromatic rings. The summed E-state index contributed by atoms with van der Waals surface area (Å²) in [6, 6.07) is 22.5. The second-order valence-electron chi connectivity index (χ2n) is 8.77. The van der Waals surface area contributed by atoms with Gasteiger partial charge in [-0.25, -0.2) is 9.67 Å². The Morgan fingerprint density at radius 3 is 2.31 bits per heavy atom. The summed E-state index contributed by atoms with van der Waals surface area (Å²) in [4.78, 5) is 20.3. The van der Waals surface area contributed by atoms with Crippen molar-refractivity contribution >= 4 is 16.9 Å². The summed E-state index contributed by atoms with van der Waals surface area (Å²) in [5.74, 6) is 0.720. The van der Waals surface area contributed by atoms with Gasteiger partial charge in [-0.15, -0.1) is 0 Å². The third-order valence-corrected chi connectivity index (χ3v) is 6.44. The molecule has 0 N–H and O–H groups in total. The second kappa shape index (κ2) is 8.58. The molecule has 0 spiro atoms. The Morgan fingerprint density at radius 1 is 0.969 bits per heavy atom. The van der Waals surface area contributed by atoms with Gasteiger partial charge in [-0.05, 0) is 62.8 Å². The van der Waals surface area contributed by atoms with E-state index in [1.54, 1.807) is 0 Å². The van der Waals surface area contributed by atoms with Crippen LogP contribution in [0.1, 0.15) is 40.2 Å². The number of nitrogens with zero attached hydrogens (tertiary/aromatic N) is 4. The van der Waals surface area contributed by atoms with Crippen LogP contribution in [0.3, 0.4) is 0 Å². The molecule has 2 aromatic heterocycles. The van der Waals surface area contributed by atoms with Gasteiger partial charge < -0.3 is 4.90 Å². The molecule has 0 bridgehead atoms. The lowest BCUT2D eigenvalue weighted by Gasteiger charge is -2.32. The number of carbonyl (C=O) groups is 1. The van der Waals surface area contributed by atoms with Crippen molar-refractivity contribution in [1.29, 1.82) is 0 Å². The molecule has 5 nitrogen and oxygen atoms in total. The van der Waals surface area contributed by atoms with Crippen LogP contribution < -0.4 is 0 Å². The number of hydrogen-bond acceptors (Lipinski definition) is 3. The molecule has 5 heteroatoms. The second-order valence-corrected chi connectivity index (χ2v) is 8.77. The molecule has 1 aliphatic rings. The Hall–Kier alpha value is -3.47. The minimum atomic E-state index is 0.0920. The smallest absolute Gasteiger partial charge is 0.254 e. The molecule has 1 amide bonds. The van der Waals surface area contributed by atoms with Crippen molar-refractivity contribution in [3.05, 3.63) is 89.2 Å². The average Bonchev–Trinajstić information content (AvgIpc) is 3.16. The van der Waals surface area contributed by atoms with Crippen LogP contribution in [0.2, 0.25) is 0 Å². The van der Waals surface area contributed by atoms with Gasteiger partial charge >= 0.3 is 0 Å². The Kier molecular flexibility index (Phi) is 5.48. The maximum atomic E-state index is 13.6. The molecule has 0 aliphatic carbocycles. The van der Waals surface area contributed by atoms with Gasteiger partial charge in [0.25, 0.3) is 5.91 Å². The van der Waals surface area contributed by atoms with Gasteiger partial charge in [-0.2, -0.15) is 5.10 Å². The quantitative estimate of drug-likeness (QED) is 0.456. The van der Waals surface area contributed by atoms with Crippen LogP contribution in [0, 0.1) is 19.8 Å². The Balaban J connectivity index is 1.40. The summed E-state index contributed by atoms with van der Waals surface area (Å²) in [6.45, 7) is 5.50. The first-order valence-electron chi connectivity index (χ1n) is 11.4. The van der Waals surface area contributed by atoms with E-state index < -0.39 is 0 Å². The van der Waals surface area contributed by atoms with E-state index in [-0.39, 0.29) is 5.91 Å². The van der Waals surface area contributed by atoms with Gasteiger partial charge in [0.1, 0.15) is 0 Å². The zero-order valence-corrected chi connectivity index (χ0v) is 18.7. The van der Waals surface area contributed by atoms with Gasteiger partial charge in [0.05, 0.1) is 22.3 Å². The van der Waals surface area contributed by atoms with Crippen molar-refractivity contribution < 1.29 is 4.79 Å². The number of benzene rings is 2. The summed E-state index contributed by atoms with van der Waals surface area (Å²) in [5.41, 5.74) is 5.46. The van der Waals surface area contributed by atoms with E-state index in [9.17, 15) is 4.79 Å². The number of piperidine rings is 1. The number of para-hydroxylation sites is 1. The SMILES string of the molecule is Cc1cc(C(=O)N2CCC(Cc3ccccc3)CC2)c2c(C)nn(-c3ccccc3)c2n1. The Labute approximate surface area is 188 Å². The van der Waals surface area contributed by atoms with E-state index in [1.807, 2.05) is 59.8 Å². The Morgan fingerprint density at radius 2 is 1.62 bits per heavy atom. The fraction of sp³-hybridized carbons (Fsp3) is 0.296. The number of aryl methyl sites for hydroxylation is 2. The van der Waals surface area contributed by atoms with Gasteiger partial charge in [0, 0.05) is 18.8 Å². The number of amides is 1. The molecule has 32 heavy (non-hydrogen) atoms. The van der Waals surface area contributed by atoms with E-state index >= 15 is 0 Å². The molecular formula is C27H28N4O. The van der Waals surface area contributed by atoms with Crippen LogP contribution in [0.15, 0.2) is 66.7 Å². The molecule has 0 radical (unpaired) electrons. The van der Waals surface area contributed by atoms with Crippen molar-refractivity contribution in [3.63, 3.8) is 0 Å². The number of pyridine rings is 1. The molecule has 5 rings (SSSR count). The monoisotopic (exact) mass is 424 g/mol. The highest BCUT2D eigenvalue weighted by Crippen LogP contribution is 2.28. The van der Waals surface area contributed by atoms with Crippen LogP contribution in [0.25, 0.3) is 16.7 Å². The molecule has 1 aliphatic heterocycles. The van der Waals surface area contributed by atoms with Crippen molar-refractivity contribution in [2.45, 2.75) is 33.1 Å². The van der Waals surface area contributed by atoms with Crippen LogP contribution in [-0.2, 0) is 6.42 Å². The van der Waals surface area contributed by atoms with Gasteiger partial charge in [-0.3, -0.25) is 4.79 Å². The number of aromatic nitrogens is 3. The molecule has 1 fully saturated rings. The lowest BCUT2D eigenvalue weighted by molar-refractivity contribution is 0.0692. The molecule has 0 unspecified atom stereocenters. The Bertz CT molecular complexity index is 1240. The number of rotatable bonds is 4. The van der Waals surface area contributed by atoms with Gasteiger partial charge in [0.15, 0.2) is 5.65 Å². The predicted octanol–water partition coefficient (Wildman–Crippen LogP) is 5.13. The predicted molar refractivity (Wildman–Crippen MR) is 127 cm³/mol. The van der Waals surface area contributed by atoms with Crippen molar-refractivity contribution in [2.24, 2.45) is 5.92 Å². The van der Waals surface area contributed by atoms with E-state index in [1.165, 1.54) is 5.56 Å². The van der Waals surface area contributed by atoms with Crippen molar-refractivity contribution in [3.8, 4) is 5.69 Å². The first-order chi connectivity index (χ1) is 15.6. The normalized spacial score (nSPS) is 14.8. The first kappa shape index (κ1) is 20.4. The van der Waals surface area contributed by atoms with Gasteiger partial charge in [0.2, 0.25) is 0 Å². The fourth-order valence-electron chi connectivity index (χ4n) is 4.79. The standard InChI is InChI=1S/C27H28N4O/c1-19-17-24(25-20(2)29-31(26(25)28-19)23-11-7-4-8-12-23)27(32)30-15-13-22(14-16-30)18-21-9-5-3-6-10-21/h3-12,17,22H,13-16,18H2,1-2H3. The van der Waals surface area contributed by atoms with Crippen molar-refractivity contribution in [1.82, 2.24) is 19.7 Å². The van der Waals surface area contributed by atoms with E-state index in [4.69, 9.17) is 10.1 Å². The van der Waals surface area contributed by atoms with E-state index in [0.29, 0.717) is 11.5 Å². The average molecular weight is 425 g/mol. The summed E-state index contributed by atoms with van der Waals surface area (Å²) in [6.07, 6.45) is 3.16. The zero-order valence-electron chi connectivity index (χ0n) is 18.7. The lowest BCUT2D eigenvalue weighted by atomic mass is 9.90.